The van der Waals surface area contributed by atoms with Gasteiger partial charge in [0.25, 0.3) is 0 Å². The van der Waals surface area contributed by atoms with E-state index < -0.39 is 0 Å². The molecule has 151 valence electrons. The molecule has 0 aromatic heterocycles. The van der Waals surface area contributed by atoms with Crippen molar-refractivity contribution in [1.29, 1.82) is 0 Å². The minimum Gasteiger partial charge on any atom is -0.213 e. The Kier molecular flexibility index (Phi) is 16.3. The van der Waals surface area contributed by atoms with Gasteiger partial charge in [0.15, 0.2) is 0 Å². The molecule has 0 spiro atoms. The fraction of sp³-hybridized carbons (Fsp3) is 0.545. The van der Waals surface area contributed by atoms with Crippen LogP contribution in [0.2, 0.25) is 0 Å². The second-order valence-electron chi connectivity index (χ2n) is 7.48. The summed E-state index contributed by atoms with van der Waals surface area (Å²) >= 11 is 0. The predicted molar refractivity (Wildman–Crippen MR) is 118 cm³/mol. The average molecular weight is 521 g/mol. The molecule has 0 amide bonds. The molecule has 2 aromatic carbocycles. The van der Waals surface area contributed by atoms with Gasteiger partial charge < -0.3 is 0 Å². The third kappa shape index (κ3) is 9.27. The molecule has 0 N–H and O–H groups in total. The average Bonchev–Trinajstić information content (AvgIpc) is 3.11. The van der Waals surface area contributed by atoms with Crippen molar-refractivity contribution in [2.24, 2.45) is 0 Å². The molecule has 2 aromatic rings. The molecule has 4 heteroatoms. The Labute approximate surface area is 188 Å². The monoisotopic (exact) mass is 521 g/mol. The maximum atomic E-state index is 2.33. The zero-order chi connectivity index (χ0) is 18.3. The summed E-state index contributed by atoms with van der Waals surface area (Å²) in [5, 5.41) is 3.13. The molecule has 0 aliphatic rings. The van der Waals surface area contributed by atoms with E-state index in [0.717, 1.165) is 22.6 Å². The van der Waals surface area contributed by atoms with Crippen LogP contribution in [0.3, 0.4) is 0 Å². The van der Waals surface area contributed by atoms with Gasteiger partial charge in [0, 0.05) is 19.5 Å². The van der Waals surface area contributed by atoms with Crippen LogP contribution in [0.15, 0.2) is 48.5 Å². The molecule has 0 saturated heterocycles. The minimum absolute atomic E-state index is 0. The molecular weight excluding hydrogens is 485 g/mol. The maximum absolute atomic E-state index is 2.33. The number of hydrogen-bond donors (Lipinski definition) is 0. The Bertz CT molecular complexity index is 464. The Morgan fingerprint density at radius 3 is 1.04 bits per heavy atom. The Morgan fingerprint density at radius 2 is 0.885 bits per heavy atom. The van der Waals surface area contributed by atoms with Crippen molar-refractivity contribution in [2.75, 3.05) is 0 Å². The van der Waals surface area contributed by atoms with Crippen LogP contribution in [0.4, 0.5) is 0 Å². The van der Waals surface area contributed by atoms with E-state index in [2.05, 4.69) is 104 Å². The van der Waals surface area contributed by atoms with Gasteiger partial charge in [-0.25, -0.2) is 24.3 Å². The van der Waals surface area contributed by atoms with Crippen LogP contribution in [0.25, 0.3) is 0 Å². The topological polar surface area (TPSA) is 0 Å². The van der Waals surface area contributed by atoms with Gasteiger partial charge in [-0.15, -0.1) is 10.6 Å². The van der Waals surface area contributed by atoms with Gasteiger partial charge in [0.2, 0.25) is 0 Å². The summed E-state index contributed by atoms with van der Waals surface area (Å²) in [4.78, 5) is 0. The summed E-state index contributed by atoms with van der Waals surface area (Å²) in [5.74, 6) is 0. The van der Waals surface area contributed by atoms with Gasteiger partial charge in [0.1, 0.15) is 0 Å². The van der Waals surface area contributed by atoms with E-state index in [1.54, 1.807) is 10.6 Å². The van der Waals surface area contributed by atoms with E-state index in [1.165, 1.54) is 0 Å². The van der Waals surface area contributed by atoms with Gasteiger partial charge in [-0.1, -0.05) is 71.2 Å². The summed E-state index contributed by atoms with van der Waals surface area (Å²) in [6, 6.07) is 17.7. The first-order valence-electron chi connectivity index (χ1n) is 9.25. The first-order valence-corrected chi connectivity index (χ1v) is 12.2. The van der Waals surface area contributed by atoms with E-state index in [0.29, 0.717) is 0 Å². The second kappa shape index (κ2) is 14.7. The third-order valence-electron chi connectivity index (χ3n) is 4.11. The first-order chi connectivity index (χ1) is 11.3. The molecule has 26 heavy (non-hydrogen) atoms. The van der Waals surface area contributed by atoms with Crippen molar-refractivity contribution in [3.05, 3.63) is 48.5 Å². The van der Waals surface area contributed by atoms with Gasteiger partial charge in [0.05, 0.1) is 0 Å². The predicted octanol–water partition coefficient (Wildman–Crippen LogP) is 6.65. The molecule has 0 heterocycles. The smallest absolute Gasteiger partial charge is 0.213 e. The quantitative estimate of drug-likeness (QED) is 0.227. The van der Waals surface area contributed by atoms with Crippen LogP contribution in [-0.2, 0) is 36.5 Å². The van der Waals surface area contributed by atoms with Gasteiger partial charge >= 0.3 is 17.1 Å². The number of rotatable bonds is 6. The fourth-order valence-corrected chi connectivity index (χ4v) is 9.26. The molecule has 0 aliphatic heterocycles. The summed E-state index contributed by atoms with van der Waals surface area (Å²) in [6.07, 6.45) is 0. The Balaban J connectivity index is 0. The van der Waals surface area contributed by atoms with Crippen LogP contribution in [-0.4, -0.2) is 22.6 Å². The van der Waals surface area contributed by atoms with Gasteiger partial charge in [-0.05, 0) is 22.6 Å². The van der Waals surface area contributed by atoms with Crippen molar-refractivity contribution in [1.82, 2.24) is 0 Å². The molecule has 0 nitrogen and oxygen atoms in total. The van der Waals surface area contributed by atoms with Crippen molar-refractivity contribution in [3.63, 3.8) is 0 Å². The molecule has 0 saturated carbocycles. The second-order valence-corrected chi connectivity index (χ2v) is 14.3. The molecular formula is C22H36FeP2Rh. The molecule has 0 bridgehead atoms. The van der Waals surface area contributed by atoms with Crippen LogP contribution in [0, 0.1) is 0 Å². The van der Waals surface area contributed by atoms with Crippen molar-refractivity contribution < 1.29 is 36.5 Å². The first kappa shape index (κ1) is 28.9. The summed E-state index contributed by atoms with van der Waals surface area (Å²) < 4.78 is 0. The minimum atomic E-state index is 0. The summed E-state index contributed by atoms with van der Waals surface area (Å²) in [7, 11) is 0.127. The van der Waals surface area contributed by atoms with Crippen LogP contribution in [0.1, 0.15) is 55.4 Å². The Hall–Kier alpha value is 0.703. The van der Waals surface area contributed by atoms with Crippen molar-refractivity contribution in [2.45, 2.75) is 78.0 Å². The van der Waals surface area contributed by atoms with Crippen LogP contribution < -0.4 is 10.6 Å². The molecule has 1 radical (unpaired) electrons. The fourth-order valence-electron chi connectivity index (χ4n) is 3.46. The van der Waals surface area contributed by atoms with Crippen molar-refractivity contribution in [3.8, 4) is 0 Å². The van der Waals surface area contributed by atoms with E-state index in [1.807, 2.05) is 0 Å². The standard InChI is InChI=1S/2C11H18P.Fe.Rh/c2*1-9(2)12(10(3)4)11-7-5-6-8-11;;/h2*5-10H,1-4H3;;/q2*-1;+2;. The van der Waals surface area contributed by atoms with E-state index >= 15 is 0 Å². The molecule has 0 atom stereocenters. The third-order valence-corrected chi connectivity index (χ3v) is 10.4. The zero-order valence-electron chi connectivity index (χ0n) is 17.5. The van der Waals surface area contributed by atoms with Crippen molar-refractivity contribution >= 4 is 26.5 Å². The van der Waals surface area contributed by atoms with Crippen LogP contribution in [0.5, 0.6) is 0 Å². The summed E-state index contributed by atoms with van der Waals surface area (Å²) in [5.41, 5.74) is 3.23. The summed E-state index contributed by atoms with van der Waals surface area (Å²) in [6.45, 7) is 18.7. The maximum Gasteiger partial charge on any atom is 2.00 e. The van der Waals surface area contributed by atoms with Crippen LogP contribution >= 0.6 is 15.8 Å². The van der Waals surface area contributed by atoms with E-state index in [9.17, 15) is 0 Å². The van der Waals surface area contributed by atoms with E-state index in [-0.39, 0.29) is 52.4 Å². The normalized spacial score (nSPS) is 11.0. The molecule has 0 aliphatic carbocycles. The molecule has 0 fully saturated rings. The van der Waals surface area contributed by atoms with Gasteiger partial charge in [-0.2, -0.15) is 24.3 Å². The Morgan fingerprint density at radius 1 is 0.615 bits per heavy atom. The van der Waals surface area contributed by atoms with E-state index in [4.69, 9.17) is 0 Å². The van der Waals surface area contributed by atoms with Gasteiger partial charge in [-0.3, -0.25) is 0 Å². The number of hydrogen-bond acceptors (Lipinski definition) is 0. The largest absolute Gasteiger partial charge is 2.00 e. The SMILES string of the molecule is CC(C)P(c1ccc[cH-]1)C(C)C.CC(C)P(c1ccc[cH-]1)C(C)C.[Fe+2].[Rh]. The molecule has 0 unspecified atom stereocenters. The molecule has 2 rings (SSSR count). The zero-order valence-corrected chi connectivity index (χ0v) is 22.0.